The number of rotatable bonds is 3. The number of hydrogen-bond donors (Lipinski definition) is 0. The van der Waals surface area contributed by atoms with E-state index in [0.717, 1.165) is 16.1 Å². The first-order valence-corrected chi connectivity index (χ1v) is 8.62. The average Bonchev–Trinajstić information content (AvgIpc) is 3.00. The van der Waals surface area contributed by atoms with Crippen molar-refractivity contribution in [1.82, 2.24) is 0 Å². The minimum absolute atomic E-state index is 0.0577. The van der Waals surface area contributed by atoms with Crippen LogP contribution in [0.15, 0.2) is 81.6 Å². The molecule has 120 valence electrons. The number of halogens is 1. The van der Waals surface area contributed by atoms with E-state index in [4.69, 9.17) is 11.6 Å². The highest BCUT2D eigenvalue weighted by Crippen LogP contribution is 2.34. The molecule has 2 aromatic rings. The van der Waals surface area contributed by atoms with Crippen molar-refractivity contribution in [2.75, 3.05) is 0 Å². The number of ketones is 1. The summed E-state index contributed by atoms with van der Waals surface area (Å²) in [6, 6.07) is 13.3. The first kappa shape index (κ1) is 16.6. The molecule has 3 rings (SSSR count). The number of thiophene rings is 1. The van der Waals surface area contributed by atoms with Crippen LogP contribution in [0.5, 0.6) is 0 Å². The Morgan fingerprint density at radius 3 is 2.25 bits per heavy atom. The highest BCUT2D eigenvalue weighted by atomic mass is 35.5. The van der Waals surface area contributed by atoms with Gasteiger partial charge >= 0.3 is 0 Å². The molecule has 1 aliphatic carbocycles. The van der Waals surface area contributed by atoms with Crippen LogP contribution in [0.2, 0.25) is 4.34 Å². The van der Waals surface area contributed by atoms with E-state index >= 15 is 0 Å². The minimum Gasteiger partial charge on any atom is -0.289 e. The smallest absolute Gasteiger partial charge is 0.184 e. The fraction of sp³-hybridized carbons (Fsp3) is 0.105. The van der Waals surface area contributed by atoms with Gasteiger partial charge in [-0.2, -0.15) is 5.11 Å². The number of allylic oxidation sites excluding steroid dienone is 5. The molecule has 0 radical (unpaired) electrons. The van der Waals surface area contributed by atoms with Crippen molar-refractivity contribution in [3.8, 4) is 0 Å². The fourth-order valence-corrected chi connectivity index (χ4v) is 3.43. The van der Waals surface area contributed by atoms with Crippen molar-refractivity contribution in [2.24, 2.45) is 10.2 Å². The first-order chi connectivity index (χ1) is 11.5. The van der Waals surface area contributed by atoms with Gasteiger partial charge in [0.15, 0.2) is 5.78 Å². The number of azo groups is 1. The predicted molar refractivity (Wildman–Crippen MR) is 99.7 cm³/mol. The van der Waals surface area contributed by atoms with Gasteiger partial charge < -0.3 is 0 Å². The summed E-state index contributed by atoms with van der Waals surface area (Å²) in [5.41, 5.74) is 3.73. The molecule has 0 saturated carbocycles. The predicted octanol–water partition coefficient (Wildman–Crippen LogP) is 6.37. The van der Waals surface area contributed by atoms with Crippen LogP contribution in [-0.2, 0) is 4.79 Å². The van der Waals surface area contributed by atoms with Crippen molar-refractivity contribution < 1.29 is 4.79 Å². The molecule has 3 nitrogen and oxygen atoms in total. The summed E-state index contributed by atoms with van der Waals surface area (Å²) in [5.74, 6) is 0.0577. The fourth-order valence-electron chi connectivity index (χ4n) is 2.38. The summed E-state index contributed by atoms with van der Waals surface area (Å²) in [4.78, 5) is 12.9. The molecule has 0 saturated heterocycles. The molecule has 0 spiro atoms. The second-order valence-corrected chi connectivity index (χ2v) is 7.14. The highest BCUT2D eigenvalue weighted by Gasteiger charge is 2.17. The van der Waals surface area contributed by atoms with E-state index in [2.05, 4.69) is 10.2 Å². The van der Waals surface area contributed by atoms with Crippen LogP contribution in [0.4, 0.5) is 5.69 Å². The molecule has 0 bridgehead atoms. The van der Waals surface area contributed by atoms with E-state index in [-0.39, 0.29) is 5.78 Å². The zero-order valence-corrected chi connectivity index (χ0v) is 14.9. The number of carbonyl (C=O) groups is 1. The van der Waals surface area contributed by atoms with E-state index < -0.39 is 0 Å². The van der Waals surface area contributed by atoms with E-state index in [1.165, 1.54) is 11.3 Å². The standard InChI is InChI=1S/C19H15ClN2OS/c1-12-10-14(11-13(2)19(12)23)18(16-8-9-17(20)24-16)22-21-15-6-4-3-5-7-15/h3-11H,1-2H3. The summed E-state index contributed by atoms with van der Waals surface area (Å²) in [6.07, 6.45) is 3.70. The Balaban J connectivity index is 2.11. The van der Waals surface area contributed by atoms with Crippen molar-refractivity contribution in [2.45, 2.75) is 13.8 Å². The molecule has 0 fully saturated rings. The third-order valence-corrected chi connectivity index (χ3v) is 4.80. The van der Waals surface area contributed by atoms with E-state index in [1.54, 1.807) is 0 Å². The van der Waals surface area contributed by atoms with Crippen molar-refractivity contribution in [3.63, 3.8) is 0 Å². The summed E-state index contributed by atoms with van der Waals surface area (Å²) >= 11 is 7.52. The lowest BCUT2D eigenvalue weighted by molar-refractivity contribution is -0.112. The molecular weight excluding hydrogens is 340 g/mol. The van der Waals surface area contributed by atoms with E-state index in [1.807, 2.05) is 68.5 Å². The third kappa shape index (κ3) is 3.61. The second-order valence-electron chi connectivity index (χ2n) is 5.43. The van der Waals surface area contributed by atoms with Crippen molar-refractivity contribution in [1.29, 1.82) is 0 Å². The highest BCUT2D eigenvalue weighted by molar-refractivity contribution is 7.17. The molecular formula is C19H15ClN2OS. The van der Waals surface area contributed by atoms with Crippen LogP contribution in [0.3, 0.4) is 0 Å². The van der Waals surface area contributed by atoms with Crippen LogP contribution >= 0.6 is 22.9 Å². The maximum absolute atomic E-state index is 12.0. The topological polar surface area (TPSA) is 41.8 Å². The maximum atomic E-state index is 12.0. The number of hydrogen-bond acceptors (Lipinski definition) is 4. The van der Waals surface area contributed by atoms with Gasteiger partial charge in [0.05, 0.1) is 14.9 Å². The van der Waals surface area contributed by atoms with Crippen LogP contribution in [0.25, 0.3) is 5.70 Å². The Kier molecular flexibility index (Phi) is 4.88. The van der Waals surface area contributed by atoms with E-state index in [9.17, 15) is 4.79 Å². The van der Waals surface area contributed by atoms with Crippen molar-refractivity contribution in [3.05, 3.63) is 80.5 Å². The molecule has 1 heterocycles. The van der Waals surface area contributed by atoms with Gasteiger partial charge in [0.2, 0.25) is 0 Å². The Labute approximate surface area is 149 Å². The lowest BCUT2D eigenvalue weighted by atomic mass is 9.94. The summed E-state index contributed by atoms with van der Waals surface area (Å²) < 4.78 is 0.686. The zero-order valence-electron chi connectivity index (χ0n) is 13.3. The van der Waals surface area contributed by atoms with Gasteiger partial charge in [-0.15, -0.1) is 16.5 Å². The number of nitrogens with zero attached hydrogens (tertiary/aromatic N) is 2. The first-order valence-electron chi connectivity index (χ1n) is 7.42. The quantitative estimate of drug-likeness (QED) is 0.590. The van der Waals surface area contributed by atoms with Gasteiger partial charge in [-0.25, -0.2) is 0 Å². The minimum atomic E-state index is 0.0577. The average molecular weight is 355 g/mol. The van der Waals surface area contributed by atoms with E-state index in [0.29, 0.717) is 21.2 Å². The zero-order chi connectivity index (χ0) is 17.1. The molecule has 0 unspecified atom stereocenters. The normalized spacial score (nSPS) is 14.8. The van der Waals surface area contributed by atoms with Gasteiger partial charge in [-0.05, 0) is 61.4 Å². The summed E-state index contributed by atoms with van der Waals surface area (Å²) in [6.45, 7) is 3.62. The molecule has 0 atom stereocenters. The lowest BCUT2D eigenvalue weighted by Crippen LogP contribution is -2.06. The molecule has 0 N–H and O–H groups in total. The maximum Gasteiger partial charge on any atom is 0.184 e. The van der Waals surface area contributed by atoms with Gasteiger partial charge in [0.1, 0.15) is 5.70 Å². The SMILES string of the molecule is CC1=CC(=C(N=Nc2ccccc2)c2ccc(Cl)s2)C=C(C)C1=O. The van der Waals surface area contributed by atoms with Crippen LogP contribution in [0.1, 0.15) is 18.7 Å². The van der Waals surface area contributed by atoms with Gasteiger partial charge in [-0.1, -0.05) is 29.8 Å². The lowest BCUT2D eigenvalue weighted by Gasteiger charge is -2.11. The Hall–Kier alpha value is -2.30. The Bertz CT molecular complexity index is 880. The molecule has 1 aromatic heterocycles. The molecule has 1 aromatic carbocycles. The van der Waals surface area contributed by atoms with Crippen LogP contribution < -0.4 is 0 Å². The Morgan fingerprint density at radius 2 is 1.67 bits per heavy atom. The van der Waals surface area contributed by atoms with Gasteiger partial charge in [-0.3, -0.25) is 4.79 Å². The van der Waals surface area contributed by atoms with Crippen LogP contribution in [-0.4, -0.2) is 5.78 Å². The monoisotopic (exact) mass is 354 g/mol. The third-order valence-electron chi connectivity index (χ3n) is 3.56. The summed E-state index contributed by atoms with van der Waals surface area (Å²) in [5, 5.41) is 8.77. The molecule has 24 heavy (non-hydrogen) atoms. The number of carbonyl (C=O) groups excluding carboxylic acids is 1. The summed E-state index contributed by atoms with van der Waals surface area (Å²) in [7, 11) is 0. The molecule has 1 aliphatic rings. The second kappa shape index (κ2) is 7.07. The molecule has 5 heteroatoms. The molecule has 0 amide bonds. The van der Waals surface area contributed by atoms with Gasteiger partial charge in [0, 0.05) is 5.57 Å². The number of benzene rings is 1. The molecule has 0 aliphatic heterocycles. The van der Waals surface area contributed by atoms with Crippen LogP contribution in [0, 0.1) is 0 Å². The number of Topliss-reactive ketones (excluding diaryl/α,β-unsaturated/α-hetero) is 1. The Morgan fingerprint density at radius 1 is 1.00 bits per heavy atom. The van der Waals surface area contributed by atoms with Crippen molar-refractivity contribution >= 4 is 40.1 Å². The largest absolute Gasteiger partial charge is 0.289 e. The van der Waals surface area contributed by atoms with Gasteiger partial charge in [0.25, 0.3) is 0 Å².